The summed E-state index contributed by atoms with van der Waals surface area (Å²) in [6, 6.07) is 6.78. The van der Waals surface area contributed by atoms with E-state index in [1.165, 1.54) is 30.5 Å². The first-order valence-corrected chi connectivity index (χ1v) is 7.10. The molecule has 0 fully saturated rings. The van der Waals surface area contributed by atoms with Gasteiger partial charge in [-0.1, -0.05) is 5.21 Å². The Hall–Kier alpha value is -3.30. The van der Waals surface area contributed by atoms with Crippen molar-refractivity contribution in [2.45, 2.75) is 6.18 Å². The van der Waals surface area contributed by atoms with E-state index in [0.717, 1.165) is 4.68 Å². The number of hydrogen-bond acceptors (Lipinski definition) is 3. The van der Waals surface area contributed by atoms with Crippen molar-refractivity contribution in [2.24, 2.45) is 0 Å². The molecule has 0 unspecified atom stereocenters. The minimum atomic E-state index is -4.68. The molecule has 0 aliphatic rings. The normalized spacial score (nSPS) is 11.4. The molecule has 0 radical (unpaired) electrons. The lowest BCUT2D eigenvalue weighted by Crippen LogP contribution is -2.15. The molecular weight excluding hydrogens is 359 g/mol. The van der Waals surface area contributed by atoms with Crippen LogP contribution < -0.4 is 5.32 Å². The van der Waals surface area contributed by atoms with E-state index in [1.807, 2.05) is 5.32 Å². The highest BCUT2D eigenvalue weighted by Gasteiger charge is 2.31. The van der Waals surface area contributed by atoms with Crippen molar-refractivity contribution >= 4 is 11.6 Å². The molecule has 0 atom stereocenters. The third kappa shape index (κ3) is 3.68. The third-order valence-electron chi connectivity index (χ3n) is 3.36. The molecule has 0 aliphatic carbocycles. The predicted octanol–water partition coefficient (Wildman–Crippen LogP) is 3.82. The maximum absolute atomic E-state index is 13.7. The van der Waals surface area contributed by atoms with Gasteiger partial charge in [-0.2, -0.15) is 13.2 Å². The van der Waals surface area contributed by atoms with Gasteiger partial charge in [0.2, 0.25) is 0 Å². The van der Waals surface area contributed by atoms with Crippen molar-refractivity contribution in [3.05, 3.63) is 71.6 Å². The van der Waals surface area contributed by atoms with E-state index in [9.17, 15) is 26.7 Å². The van der Waals surface area contributed by atoms with Crippen LogP contribution in [0.15, 0.2) is 48.7 Å². The summed E-state index contributed by atoms with van der Waals surface area (Å²) >= 11 is 0. The second kappa shape index (κ2) is 6.54. The Labute approximate surface area is 143 Å². The summed E-state index contributed by atoms with van der Waals surface area (Å²) in [5, 5.41) is 9.27. The van der Waals surface area contributed by atoms with Gasteiger partial charge in [-0.15, -0.1) is 5.10 Å². The number of carbonyl (C=O) groups excluding carboxylic acids is 1. The maximum atomic E-state index is 13.7. The Balaban J connectivity index is 1.82. The van der Waals surface area contributed by atoms with E-state index in [1.54, 1.807) is 0 Å². The predicted molar refractivity (Wildman–Crippen MR) is 80.7 cm³/mol. The number of halogens is 5. The summed E-state index contributed by atoms with van der Waals surface area (Å²) in [6.45, 7) is 0. The molecule has 0 saturated carbocycles. The van der Waals surface area contributed by atoms with Crippen molar-refractivity contribution in [3.8, 4) is 5.69 Å². The van der Waals surface area contributed by atoms with Gasteiger partial charge in [0.15, 0.2) is 5.69 Å². The third-order valence-corrected chi connectivity index (χ3v) is 3.36. The van der Waals surface area contributed by atoms with Crippen LogP contribution in [0, 0.1) is 11.6 Å². The van der Waals surface area contributed by atoms with E-state index in [0.29, 0.717) is 23.9 Å². The lowest BCUT2D eigenvalue weighted by Gasteiger charge is -2.10. The van der Waals surface area contributed by atoms with Crippen molar-refractivity contribution in [2.75, 3.05) is 5.32 Å². The maximum Gasteiger partial charge on any atom is 0.416 e. The molecule has 0 saturated heterocycles. The van der Waals surface area contributed by atoms with Crippen molar-refractivity contribution in [1.82, 2.24) is 15.0 Å². The zero-order chi connectivity index (χ0) is 18.9. The fraction of sp³-hybridized carbons (Fsp3) is 0.0625. The Morgan fingerprint density at radius 3 is 2.38 bits per heavy atom. The summed E-state index contributed by atoms with van der Waals surface area (Å²) in [5.74, 6) is -2.44. The molecular formula is C16H9F5N4O. The van der Waals surface area contributed by atoms with E-state index < -0.39 is 35.0 Å². The lowest BCUT2D eigenvalue weighted by atomic mass is 10.2. The Morgan fingerprint density at radius 2 is 1.73 bits per heavy atom. The molecule has 134 valence electrons. The first-order valence-electron chi connectivity index (χ1n) is 7.10. The van der Waals surface area contributed by atoms with Crippen LogP contribution >= 0.6 is 0 Å². The summed E-state index contributed by atoms with van der Waals surface area (Å²) in [4.78, 5) is 12.1. The number of anilines is 1. The van der Waals surface area contributed by atoms with Gasteiger partial charge in [0, 0.05) is 0 Å². The van der Waals surface area contributed by atoms with E-state index in [2.05, 4.69) is 10.3 Å². The van der Waals surface area contributed by atoms with Crippen molar-refractivity contribution in [3.63, 3.8) is 0 Å². The Bertz CT molecular complexity index is 950. The van der Waals surface area contributed by atoms with Crippen molar-refractivity contribution in [1.29, 1.82) is 0 Å². The van der Waals surface area contributed by atoms with Gasteiger partial charge in [0.1, 0.15) is 11.6 Å². The molecule has 3 aromatic rings. The van der Waals surface area contributed by atoms with Gasteiger partial charge < -0.3 is 5.32 Å². The number of nitrogens with zero attached hydrogens (tertiary/aromatic N) is 3. The average Bonchev–Trinajstić information content (AvgIpc) is 3.06. The number of nitrogens with one attached hydrogen (secondary N) is 1. The first-order chi connectivity index (χ1) is 12.2. The van der Waals surface area contributed by atoms with Gasteiger partial charge in [-0.25, -0.2) is 13.5 Å². The van der Waals surface area contributed by atoms with E-state index in [4.69, 9.17) is 0 Å². The number of hydrogen-bond donors (Lipinski definition) is 1. The number of aromatic nitrogens is 3. The molecule has 3 rings (SSSR count). The monoisotopic (exact) mass is 368 g/mol. The summed E-state index contributed by atoms with van der Waals surface area (Å²) in [6.07, 6.45) is -3.51. The minimum absolute atomic E-state index is 0.258. The van der Waals surface area contributed by atoms with Crippen LogP contribution in [0.3, 0.4) is 0 Å². The zero-order valence-electron chi connectivity index (χ0n) is 12.8. The molecule has 1 aromatic heterocycles. The van der Waals surface area contributed by atoms with Crippen LogP contribution in [-0.4, -0.2) is 20.9 Å². The van der Waals surface area contributed by atoms with Gasteiger partial charge in [0.25, 0.3) is 5.91 Å². The summed E-state index contributed by atoms with van der Waals surface area (Å²) in [7, 11) is 0. The molecule has 5 nitrogen and oxygen atoms in total. The van der Waals surface area contributed by atoms with Crippen LogP contribution in [0.25, 0.3) is 5.69 Å². The molecule has 1 N–H and O–H groups in total. The van der Waals surface area contributed by atoms with Gasteiger partial charge >= 0.3 is 6.18 Å². The highest BCUT2D eigenvalue weighted by molar-refractivity contribution is 6.02. The second-order valence-corrected chi connectivity index (χ2v) is 5.17. The highest BCUT2D eigenvalue weighted by atomic mass is 19.4. The number of amides is 1. The number of rotatable bonds is 3. The van der Waals surface area contributed by atoms with Crippen LogP contribution in [0.5, 0.6) is 0 Å². The number of alkyl halides is 3. The van der Waals surface area contributed by atoms with E-state index in [-0.39, 0.29) is 5.69 Å². The number of carbonyl (C=O) groups is 1. The first kappa shape index (κ1) is 17.5. The second-order valence-electron chi connectivity index (χ2n) is 5.17. The van der Waals surface area contributed by atoms with Gasteiger partial charge in [0.05, 0.1) is 23.1 Å². The molecule has 2 aromatic carbocycles. The quantitative estimate of drug-likeness (QED) is 0.715. The number of benzene rings is 2. The van der Waals surface area contributed by atoms with Gasteiger partial charge in [-0.3, -0.25) is 4.79 Å². The summed E-state index contributed by atoms with van der Waals surface area (Å²) in [5.41, 5.74) is -1.60. The highest BCUT2D eigenvalue weighted by Crippen LogP contribution is 2.31. The fourth-order valence-corrected chi connectivity index (χ4v) is 2.07. The average molecular weight is 368 g/mol. The molecule has 26 heavy (non-hydrogen) atoms. The SMILES string of the molecule is O=C(Nc1cc(C(F)(F)F)ccc1F)c1cn(-c2ccc(F)cc2)nn1. The molecule has 0 spiro atoms. The van der Waals surface area contributed by atoms with Crippen LogP contribution in [0.4, 0.5) is 27.6 Å². The van der Waals surface area contributed by atoms with Crippen LogP contribution in [-0.2, 0) is 6.18 Å². The molecule has 0 bridgehead atoms. The van der Waals surface area contributed by atoms with Crippen molar-refractivity contribution < 1.29 is 26.7 Å². The van der Waals surface area contributed by atoms with Crippen LogP contribution in [0.2, 0.25) is 0 Å². The standard InChI is InChI=1S/C16H9F5N4O/c17-10-2-4-11(5-3-10)25-8-14(23-24-25)15(26)22-13-7-9(16(19,20)21)1-6-12(13)18/h1-8H,(H,22,26). The van der Waals surface area contributed by atoms with E-state index >= 15 is 0 Å². The van der Waals surface area contributed by atoms with Gasteiger partial charge in [-0.05, 0) is 42.5 Å². The summed E-state index contributed by atoms with van der Waals surface area (Å²) < 4.78 is 65.8. The largest absolute Gasteiger partial charge is 0.416 e. The molecule has 0 aliphatic heterocycles. The molecule has 1 amide bonds. The minimum Gasteiger partial charge on any atom is -0.318 e. The smallest absolute Gasteiger partial charge is 0.318 e. The fourth-order valence-electron chi connectivity index (χ4n) is 2.07. The van der Waals surface area contributed by atoms with Crippen LogP contribution in [0.1, 0.15) is 16.1 Å². The molecule has 1 heterocycles. The lowest BCUT2D eigenvalue weighted by molar-refractivity contribution is -0.137. The Kier molecular flexibility index (Phi) is 4.41. The zero-order valence-corrected chi connectivity index (χ0v) is 12.8. The topological polar surface area (TPSA) is 59.8 Å². The molecule has 10 heteroatoms. The Morgan fingerprint density at radius 1 is 1.04 bits per heavy atom.